The van der Waals surface area contributed by atoms with E-state index in [9.17, 15) is 9.90 Å². The van der Waals surface area contributed by atoms with Crippen molar-refractivity contribution in [2.45, 2.75) is 38.0 Å². The molecule has 1 aromatic heterocycles. The van der Waals surface area contributed by atoms with Gasteiger partial charge in [0.25, 0.3) is 0 Å². The highest BCUT2D eigenvalue weighted by atomic mass is 35.5. The van der Waals surface area contributed by atoms with Crippen LogP contribution in [-0.4, -0.2) is 39.1 Å². The number of hydrogen-bond donors (Lipinski definition) is 2. The molecule has 2 atom stereocenters. The van der Waals surface area contributed by atoms with Crippen LogP contribution >= 0.6 is 23.2 Å². The predicted molar refractivity (Wildman–Crippen MR) is 112 cm³/mol. The van der Waals surface area contributed by atoms with Gasteiger partial charge in [-0.15, -0.1) is 0 Å². The van der Waals surface area contributed by atoms with Gasteiger partial charge in [-0.05, 0) is 60.8 Å². The second kappa shape index (κ2) is 8.21. The Morgan fingerprint density at radius 1 is 1.18 bits per heavy atom. The van der Waals surface area contributed by atoms with Crippen LogP contribution in [0.5, 0.6) is 0 Å². The summed E-state index contributed by atoms with van der Waals surface area (Å²) in [4.78, 5) is 17.0. The number of halogens is 2. The lowest BCUT2D eigenvalue weighted by Crippen LogP contribution is -2.46. The van der Waals surface area contributed by atoms with Crippen LogP contribution in [0.3, 0.4) is 0 Å². The molecular formula is C21H21Cl2N3O2. The van der Waals surface area contributed by atoms with Crippen molar-refractivity contribution in [1.29, 1.82) is 0 Å². The number of imidazole rings is 1. The third-order valence-electron chi connectivity index (χ3n) is 5.16. The number of carbonyl (C=O) groups is 1. The minimum Gasteiger partial charge on any atom is -0.391 e. The van der Waals surface area contributed by atoms with Gasteiger partial charge in [0.2, 0.25) is 0 Å². The molecule has 0 saturated carbocycles. The Bertz CT molecular complexity index is 998. The van der Waals surface area contributed by atoms with Gasteiger partial charge in [-0.1, -0.05) is 29.3 Å². The van der Waals surface area contributed by atoms with Gasteiger partial charge >= 0.3 is 0 Å². The summed E-state index contributed by atoms with van der Waals surface area (Å²) in [5, 5.41) is 14.5. The number of hydrogen-bond acceptors (Lipinski definition) is 4. The van der Waals surface area contributed by atoms with E-state index in [0.29, 0.717) is 16.5 Å². The minimum atomic E-state index is -0.462. The summed E-state index contributed by atoms with van der Waals surface area (Å²) < 4.78 is 1.85. The van der Waals surface area contributed by atoms with Gasteiger partial charge in [-0.25, -0.2) is 4.98 Å². The zero-order valence-corrected chi connectivity index (χ0v) is 16.7. The molecule has 4 rings (SSSR count). The normalized spacial score (nSPS) is 19.8. The molecule has 1 saturated heterocycles. The van der Waals surface area contributed by atoms with Crippen LogP contribution in [0.25, 0.3) is 22.2 Å². The van der Waals surface area contributed by atoms with Crippen molar-refractivity contribution in [3.05, 3.63) is 52.8 Å². The first-order valence-corrected chi connectivity index (χ1v) is 10.1. The molecule has 0 radical (unpaired) electrons. The van der Waals surface area contributed by atoms with E-state index in [1.807, 2.05) is 34.9 Å². The molecule has 0 spiro atoms. The van der Waals surface area contributed by atoms with E-state index in [4.69, 9.17) is 23.2 Å². The zero-order chi connectivity index (χ0) is 19.7. The van der Waals surface area contributed by atoms with Crippen molar-refractivity contribution in [2.75, 3.05) is 6.54 Å². The van der Waals surface area contributed by atoms with E-state index in [1.165, 1.54) is 0 Å². The van der Waals surface area contributed by atoms with E-state index in [0.717, 1.165) is 41.5 Å². The molecule has 2 aromatic carbocycles. The van der Waals surface area contributed by atoms with Crippen LogP contribution in [0.2, 0.25) is 10.0 Å². The van der Waals surface area contributed by atoms with Crippen molar-refractivity contribution in [2.24, 2.45) is 0 Å². The van der Waals surface area contributed by atoms with Gasteiger partial charge < -0.3 is 15.0 Å². The Labute approximate surface area is 173 Å². The molecule has 7 heteroatoms. The maximum Gasteiger partial charge on any atom is 0.154 e. The van der Waals surface area contributed by atoms with E-state index in [1.54, 1.807) is 12.4 Å². The summed E-state index contributed by atoms with van der Waals surface area (Å²) in [7, 11) is 0. The maximum atomic E-state index is 12.6. The number of ketones is 1. The first-order valence-electron chi connectivity index (χ1n) is 9.34. The van der Waals surface area contributed by atoms with Crippen molar-refractivity contribution >= 4 is 40.0 Å². The molecule has 2 N–H and O–H groups in total. The van der Waals surface area contributed by atoms with Gasteiger partial charge in [0.05, 0.1) is 30.0 Å². The molecular weight excluding hydrogens is 397 g/mol. The summed E-state index contributed by atoms with van der Waals surface area (Å²) in [5.41, 5.74) is 3.56. The highest BCUT2D eigenvalue weighted by Crippen LogP contribution is 2.29. The Balaban J connectivity index is 1.57. The molecule has 146 valence electrons. The highest BCUT2D eigenvalue weighted by Gasteiger charge is 2.25. The quantitative estimate of drug-likeness (QED) is 0.655. The standard InChI is InChI=1S/C21H21Cl2N3O2/c22-15-6-14(7-16(23)9-15)13-3-4-18-20(8-13)26(12-25-18)11-17(27)10-19-21(28)2-1-5-24-19/h3-4,6-9,12,19,21,24,28H,1-2,5,10-11H2/t19-,21+/m1/s1. The summed E-state index contributed by atoms with van der Waals surface area (Å²) in [6.45, 7) is 1.07. The maximum absolute atomic E-state index is 12.6. The number of fused-ring (bicyclic) bond motifs is 1. The third kappa shape index (κ3) is 4.23. The smallest absolute Gasteiger partial charge is 0.154 e. The number of carbonyl (C=O) groups excluding carboxylic acids is 1. The third-order valence-corrected chi connectivity index (χ3v) is 5.60. The molecule has 0 bridgehead atoms. The average molecular weight is 418 g/mol. The fourth-order valence-electron chi connectivity index (χ4n) is 3.73. The molecule has 3 aromatic rings. The first kappa shape index (κ1) is 19.4. The zero-order valence-electron chi connectivity index (χ0n) is 15.2. The lowest BCUT2D eigenvalue weighted by molar-refractivity contribution is -0.121. The van der Waals surface area contributed by atoms with E-state index >= 15 is 0 Å². The molecule has 28 heavy (non-hydrogen) atoms. The number of rotatable bonds is 5. The number of aliphatic hydroxyl groups is 1. The number of aliphatic hydroxyl groups excluding tert-OH is 1. The Hall–Kier alpha value is -1.92. The van der Waals surface area contributed by atoms with Crippen LogP contribution in [0.15, 0.2) is 42.7 Å². The number of piperidine rings is 1. The van der Waals surface area contributed by atoms with Gasteiger partial charge in [-0.2, -0.15) is 0 Å². The Morgan fingerprint density at radius 3 is 2.71 bits per heavy atom. The van der Waals surface area contributed by atoms with Gasteiger partial charge in [-0.3, -0.25) is 4.79 Å². The fourth-order valence-corrected chi connectivity index (χ4v) is 4.25. The average Bonchev–Trinajstić information content (AvgIpc) is 3.05. The monoisotopic (exact) mass is 417 g/mol. The second-order valence-electron chi connectivity index (χ2n) is 7.25. The lowest BCUT2D eigenvalue weighted by Gasteiger charge is -2.28. The number of benzene rings is 2. The summed E-state index contributed by atoms with van der Waals surface area (Å²) in [5.74, 6) is 0.0638. The van der Waals surface area contributed by atoms with Crippen LogP contribution in [0.4, 0.5) is 0 Å². The van der Waals surface area contributed by atoms with E-state index < -0.39 is 6.10 Å². The van der Waals surface area contributed by atoms with Crippen LogP contribution in [0.1, 0.15) is 19.3 Å². The Morgan fingerprint density at radius 2 is 1.96 bits per heavy atom. The van der Waals surface area contributed by atoms with Crippen LogP contribution in [-0.2, 0) is 11.3 Å². The van der Waals surface area contributed by atoms with Gasteiger partial charge in [0.1, 0.15) is 0 Å². The first-order chi connectivity index (χ1) is 13.5. The lowest BCUT2D eigenvalue weighted by atomic mass is 9.97. The molecule has 0 aliphatic carbocycles. The number of aromatic nitrogens is 2. The van der Waals surface area contributed by atoms with Gasteiger partial charge in [0, 0.05) is 22.5 Å². The predicted octanol–water partition coefficient (Wildman–Crippen LogP) is 4.08. The van der Waals surface area contributed by atoms with Crippen molar-refractivity contribution < 1.29 is 9.90 Å². The molecule has 1 aliphatic rings. The van der Waals surface area contributed by atoms with Crippen molar-refractivity contribution in [3.8, 4) is 11.1 Å². The van der Waals surface area contributed by atoms with E-state index in [-0.39, 0.29) is 18.4 Å². The molecule has 5 nitrogen and oxygen atoms in total. The van der Waals surface area contributed by atoms with Crippen LogP contribution < -0.4 is 5.32 Å². The molecule has 1 fully saturated rings. The topological polar surface area (TPSA) is 67.2 Å². The van der Waals surface area contributed by atoms with Crippen LogP contribution in [0, 0.1) is 0 Å². The second-order valence-corrected chi connectivity index (χ2v) is 8.12. The largest absolute Gasteiger partial charge is 0.391 e. The molecule has 0 amide bonds. The fraction of sp³-hybridized carbons (Fsp3) is 0.333. The summed E-state index contributed by atoms with van der Waals surface area (Å²) in [6.07, 6.45) is 3.21. The Kier molecular flexibility index (Phi) is 5.69. The molecule has 0 unspecified atom stereocenters. The molecule has 1 aliphatic heterocycles. The highest BCUT2D eigenvalue weighted by molar-refractivity contribution is 6.35. The van der Waals surface area contributed by atoms with Crippen molar-refractivity contribution in [1.82, 2.24) is 14.9 Å². The summed E-state index contributed by atoms with van der Waals surface area (Å²) >= 11 is 12.3. The number of nitrogens with one attached hydrogen (secondary N) is 1. The van der Waals surface area contributed by atoms with E-state index in [2.05, 4.69) is 10.3 Å². The number of nitrogens with zero attached hydrogens (tertiary/aromatic N) is 2. The summed E-state index contributed by atoms with van der Waals surface area (Å²) in [6, 6.07) is 11.1. The number of Topliss-reactive ketones (excluding diaryl/α,β-unsaturated/α-hetero) is 1. The SMILES string of the molecule is O=C(C[C@H]1NCCC[C@@H]1O)Cn1cnc2ccc(-c3cc(Cl)cc(Cl)c3)cc21. The molecule has 2 heterocycles. The van der Waals surface area contributed by atoms with Crippen molar-refractivity contribution in [3.63, 3.8) is 0 Å². The minimum absolute atomic E-state index is 0.0638. The van der Waals surface area contributed by atoms with Gasteiger partial charge in [0.15, 0.2) is 5.78 Å².